The molecule has 0 bridgehead atoms. The molecular formula is C78H132NO8+. The van der Waals surface area contributed by atoms with E-state index in [2.05, 4.69) is 148 Å². The van der Waals surface area contributed by atoms with E-state index in [1.165, 1.54) is 154 Å². The molecule has 0 aliphatic heterocycles. The van der Waals surface area contributed by atoms with Crippen molar-refractivity contribution < 1.29 is 42.9 Å². The summed E-state index contributed by atoms with van der Waals surface area (Å²) in [6.07, 6.45) is 94.5. The minimum absolute atomic E-state index is 0.172. The summed E-state index contributed by atoms with van der Waals surface area (Å²) in [5.41, 5.74) is 0. The number of esters is 2. The van der Waals surface area contributed by atoms with Gasteiger partial charge >= 0.3 is 17.9 Å². The van der Waals surface area contributed by atoms with Gasteiger partial charge in [0.2, 0.25) is 0 Å². The lowest BCUT2D eigenvalue weighted by molar-refractivity contribution is -0.870. The molecule has 0 amide bonds. The van der Waals surface area contributed by atoms with Gasteiger partial charge in [-0.1, -0.05) is 302 Å². The summed E-state index contributed by atoms with van der Waals surface area (Å²) in [6.45, 7) is 4.59. The van der Waals surface area contributed by atoms with Gasteiger partial charge in [0.1, 0.15) is 13.2 Å². The molecule has 1 N–H and O–H groups in total. The summed E-state index contributed by atoms with van der Waals surface area (Å²) in [7, 11) is 5.95. The second-order valence-corrected chi connectivity index (χ2v) is 24.4. The number of unbranched alkanes of at least 4 members (excludes halogenated alkanes) is 27. The summed E-state index contributed by atoms with van der Waals surface area (Å²) in [6, 6.07) is 0. The van der Waals surface area contributed by atoms with Gasteiger partial charge in [0.25, 0.3) is 6.29 Å². The van der Waals surface area contributed by atoms with E-state index in [4.69, 9.17) is 18.9 Å². The van der Waals surface area contributed by atoms with E-state index in [0.29, 0.717) is 23.9 Å². The van der Waals surface area contributed by atoms with Gasteiger partial charge in [-0.2, -0.15) is 0 Å². The van der Waals surface area contributed by atoms with Crippen LogP contribution < -0.4 is 0 Å². The zero-order chi connectivity index (χ0) is 63.3. The number of likely N-dealkylation sites (N-methyl/N-ethyl adjacent to an activating group) is 1. The molecular weight excluding hydrogens is 1080 g/mol. The summed E-state index contributed by atoms with van der Waals surface area (Å²) in [5, 5.41) is 9.73. The van der Waals surface area contributed by atoms with Crippen molar-refractivity contribution in [2.75, 3.05) is 47.5 Å². The number of carboxylic acids is 1. The molecule has 496 valence electrons. The predicted octanol–water partition coefficient (Wildman–Crippen LogP) is 22.1. The van der Waals surface area contributed by atoms with Crippen LogP contribution in [0.15, 0.2) is 134 Å². The number of carbonyl (C=O) groups excluding carboxylic acids is 2. The largest absolute Gasteiger partial charge is 0.477 e. The molecule has 0 saturated carbocycles. The van der Waals surface area contributed by atoms with Gasteiger partial charge in [0.05, 0.1) is 34.4 Å². The molecule has 0 saturated heterocycles. The van der Waals surface area contributed by atoms with Crippen molar-refractivity contribution in [1.82, 2.24) is 0 Å². The van der Waals surface area contributed by atoms with Crippen LogP contribution in [0.4, 0.5) is 0 Å². The molecule has 9 nitrogen and oxygen atoms in total. The molecule has 0 fully saturated rings. The molecule has 0 spiro atoms. The van der Waals surface area contributed by atoms with E-state index >= 15 is 0 Å². The first-order chi connectivity index (χ1) is 42.6. The van der Waals surface area contributed by atoms with Crippen molar-refractivity contribution in [3.8, 4) is 0 Å². The number of hydrogen-bond donors (Lipinski definition) is 1. The Bertz CT molecular complexity index is 1890. The lowest BCUT2D eigenvalue weighted by Crippen LogP contribution is -2.40. The second-order valence-electron chi connectivity index (χ2n) is 24.4. The van der Waals surface area contributed by atoms with Gasteiger partial charge in [-0.05, 0) is 103 Å². The lowest BCUT2D eigenvalue weighted by Gasteiger charge is -2.25. The molecule has 9 heteroatoms. The minimum atomic E-state index is -1.53. The van der Waals surface area contributed by atoms with Crippen molar-refractivity contribution in [3.63, 3.8) is 0 Å². The number of quaternary nitrogens is 1. The number of carboxylic acid groups (broad SMARTS) is 1. The van der Waals surface area contributed by atoms with Gasteiger partial charge in [0.15, 0.2) is 6.10 Å². The van der Waals surface area contributed by atoms with Crippen molar-refractivity contribution >= 4 is 17.9 Å². The number of rotatable bonds is 64. The minimum Gasteiger partial charge on any atom is -0.477 e. The maximum absolute atomic E-state index is 12.9. The van der Waals surface area contributed by atoms with Crippen molar-refractivity contribution in [1.29, 1.82) is 0 Å². The quantitative estimate of drug-likeness (QED) is 0.0211. The third kappa shape index (κ3) is 68.8. The van der Waals surface area contributed by atoms with Crippen LogP contribution in [-0.2, 0) is 33.3 Å². The van der Waals surface area contributed by atoms with Gasteiger partial charge < -0.3 is 28.5 Å². The summed E-state index contributed by atoms with van der Waals surface area (Å²) in [5.74, 6) is -2.09. The SMILES string of the molecule is CC/C=C\C/C=C\C/C=C\C/C=C\C/C=C\C/C=C\C/C=C\CCCC(=O)OC(COC(=O)CCCCCCCCCCCCCCCCCCCCCCCCCCCC/C=C\C/C=C\C/C=C\C/C=C\CC)COC(OCC[N+](C)(C)C)C(=O)O. The van der Waals surface area contributed by atoms with Gasteiger partial charge in [0, 0.05) is 12.8 Å². The Morgan fingerprint density at radius 1 is 0.345 bits per heavy atom. The Morgan fingerprint density at radius 2 is 0.632 bits per heavy atom. The molecule has 0 aliphatic carbocycles. The number of aliphatic carboxylic acids is 1. The Labute approximate surface area is 535 Å². The third-order valence-corrected chi connectivity index (χ3v) is 14.9. The van der Waals surface area contributed by atoms with E-state index in [0.717, 1.165) is 89.9 Å². The van der Waals surface area contributed by atoms with Crippen molar-refractivity contribution in [3.05, 3.63) is 134 Å². The van der Waals surface area contributed by atoms with Crippen LogP contribution in [0.3, 0.4) is 0 Å². The highest BCUT2D eigenvalue weighted by molar-refractivity contribution is 5.71. The zero-order valence-corrected chi connectivity index (χ0v) is 56.6. The smallest absolute Gasteiger partial charge is 0.361 e. The summed E-state index contributed by atoms with van der Waals surface area (Å²) in [4.78, 5) is 37.6. The van der Waals surface area contributed by atoms with E-state index in [9.17, 15) is 19.5 Å². The predicted molar refractivity (Wildman–Crippen MR) is 373 cm³/mol. The Kier molecular flexibility index (Phi) is 63.8. The first-order valence-electron chi connectivity index (χ1n) is 35.3. The summed E-state index contributed by atoms with van der Waals surface area (Å²) >= 11 is 0. The monoisotopic (exact) mass is 1210 g/mol. The average molecular weight is 1210 g/mol. The molecule has 0 aromatic heterocycles. The van der Waals surface area contributed by atoms with Crippen LogP contribution in [0, 0.1) is 0 Å². The van der Waals surface area contributed by atoms with E-state index < -0.39 is 24.3 Å². The number of carbonyl (C=O) groups is 3. The average Bonchev–Trinajstić information content (AvgIpc) is 3.50. The molecule has 0 rings (SSSR count). The maximum Gasteiger partial charge on any atom is 0.361 e. The number of hydrogen-bond acceptors (Lipinski definition) is 7. The maximum atomic E-state index is 12.9. The zero-order valence-electron chi connectivity index (χ0n) is 56.6. The number of ether oxygens (including phenoxy) is 4. The van der Waals surface area contributed by atoms with E-state index in [1.807, 2.05) is 21.1 Å². The van der Waals surface area contributed by atoms with Crippen LogP contribution in [-0.4, -0.2) is 87.4 Å². The normalized spacial score (nSPS) is 13.5. The van der Waals surface area contributed by atoms with Crippen molar-refractivity contribution in [2.45, 2.75) is 296 Å². The summed E-state index contributed by atoms with van der Waals surface area (Å²) < 4.78 is 22.9. The molecule has 0 aromatic rings. The molecule has 0 radical (unpaired) electrons. The Balaban J connectivity index is 4.08. The molecule has 0 aromatic carbocycles. The van der Waals surface area contributed by atoms with Crippen LogP contribution in [0.5, 0.6) is 0 Å². The highest BCUT2D eigenvalue weighted by Crippen LogP contribution is 2.17. The van der Waals surface area contributed by atoms with Crippen LogP contribution in [0.2, 0.25) is 0 Å². The number of nitrogens with zero attached hydrogens (tertiary/aromatic N) is 1. The molecule has 87 heavy (non-hydrogen) atoms. The fraction of sp³-hybridized carbons (Fsp3) is 0.679. The Morgan fingerprint density at radius 3 is 0.954 bits per heavy atom. The van der Waals surface area contributed by atoms with E-state index in [1.54, 1.807) is 0 Å². The van der Waals surface area contributed by atoms with E-state index in [-0.39, 0.29) is 38.6 Å². The van der Waals surface area contributed by atoms with Crippen molar-refractivity contribution in [2.24, 2.45) is 0 Å². The highest BCUT2D eigenvalue weighted by atomic mass is 16.7. The highest BCUT2D eigenvalue weighted by Gasteiger charge is 2.25. The van der Waals surface area contributed by atoms with Gasteiger partial charge in [-0.15, -0.1) is 0 Å². The Hall–Kier alpha value is -4.57. The molecule has 2 unspecified atom stereocenters. The fourth-order valence-electron chi connectivity index (χ4n) is 9.58. The van der Waals surface area contributed by atoms with Crippen LogP contribution in [0.1, 0.15) is 284 Å². The first-order valence-corrected chi connectivity index (χ1v) is 35.3. The second kappa shape index (κ2) is 67.4. The van der Waals surface area contributed by atoms with Crippen LogP contribution >= 0.6 is 0 Å². The number of allylic oxidation sites excluding steroid dienone is 22. The lowest BCUT2D eigenvalue weighted by atomic mass is 10.0. The standard InChI is InChI=1S/C78H131NO8/c1-6-8-10-12-14-16-18-20-22-24-26-28-30-31-32-33-34-35-36-37-38-39-40-41-42-43-44-45-47-48-50-52-54-56-58-60-62-64-66-68-75(80)85-72-74(73-86-78(77(82)83)84-71-70-79(3,4)5)87-76(81)69-67-65-63-61-59-57-55-53-51-49-46-29-27-25-23-21-19-17-15-13-11-9-7-2/h8-11,14-17,20-23,26-29,49,51,55,57,61,63,74,78H,6-7,12-13,18-19,24-25,30-48,50,52-54,56,58-60,62,64-73H2,1-5H3/p+1/b10-8-,11-9-,16-14-,17-15-,22-20-,23-21-,28-26-,29-27-,51-49-,57-55-,63-61-. The van der Waals surface area contributed by atoms with Gasteiger partial charge in [-0.3, -0.25) is 9.59 Å². The molecule has 2 atom stereocenters. The molecule has 0 heterocycles. The third-order valence-electron chi connectivity index (χ3n) is 14.9. The first kappa shape index (κ1) is 82.4. The van der Waals surface area contributed by atoms with Crippen LogP contribution in [0.25, 0.3) is 0 Å². The topological polar surface area (TPSA) is 108 Å². The molecule has 0 aliphatic rings. The fourth-order valence-corrected chi connectivity index (χ4v) is 9.58. The van der Waals surface area contributed by atoms with Gasteiger partial charge in [-0.25, -0.2) is 4.79 Å².